The minimum Gasteiger partial charge on any atom is -0.492 e. The number of piperidine rings is 2. The zero-order chi connectivity index (χ0) is 29.8. The number of benzene rings is 2. The van der Waals surface area contributed by atoms with Gasteiger partial charge in [0.25, 0.3) is 12.4 Å². The molecule has 0 aliphatic carbocycles. The molecule has 1 atom stereocenters. The number of rotatable bonds is 3. The second-order valence-electron chi connectivity index (χ2n) is 10.7. The molecule has 7 rings (SSSR count). The zero-order valence-corrected chi connectivity index (χ0v) is 22.1. The van der Waals surface area contributed by atoms with Gasteiger partial charge in [0.1, 0.15) is 11.8 Å². The van der Waals surface area contributed by atoms with Crippen LogP contribution in [0.1, 0.15) is 55.5 Å². The van der Waals surface area contributed by atoms with Crippen molar-refractivity contribution in [2.45, 2.75) is 50.2 Å². The van der Waals surface area contributed by atoms with E-state index in [0.29, 0.717) is 37.2 Å². The number of nitrogens with one attached hydrogen (secondary N) is 1. The Morgan fingerprint density at radius 1 is 1.23 bits per heavy atom. The lowest BCUT2D eigenvalue weighted by Gasteiger charge is -2.38. The molecule has 0 radical (unpaired) electrons. The van der Waals surface area contributed by atoms with Gasteiger partial charge in [0, 0.05) is 56.4 Å². The highest BCUT2D eigenvalue weighted by molar-refractivity contribution is 6.05. The van der Waals surface area contributed by atoms with E-state index in [1.807, 2.05) is 48.5 Å². The summed E-state index contributed by atoms with van der Waals surface area (Å²) in [6, 6.07) is 8.75. The predicted molar refractivity (Wildman–Crippen MR) is 144 cm³/mol. The van der Waals surface area contributed by atoms with Crippen molar-refractivity contribution < 1.29 is 31.8 Å². The highest BCUT2D eigenvalue weighted by Crippen LogP contribution is 2.49. The van der Waals surface area contributed by atoms with Crippen LogP contribution in [0.5, 0.6) is 5.75 Å². The molecule has 3 aromatic rings. The topological polar surface area (TPSA) is 134 Å². The number of amides is 3. The lowest BCUT2D eigenvalue weighted by Crippen LogP contribution is -2.52. The Morgan fingerprint density at radius 3 is 2.75 bits per heavy atom. The largest absolute Gasteiger partial charge is 0.492 e. The minimum atomic E-state index is -1.64. The minimum absolute atomic E-state index is 0.209. The Hall–Kier alpha value is -4.25. The SMILES string of the molecule is O=CO.[2H]C([2H])(c1ccc2cn(C)nc2c1)N1CCC2(CC1)COc1c2ccc2c1CN([C@H]1CCC(=O)NC1=O)C2=O. The smallest absolute Gasteiger partial charge is 0.290 e. The van der Waals surface area contributed by atoms with Gasteiger partial charge >= 0.3 is 0 Å². The number of ether oxygens (including phenoxy) is 1. The summed E-state index contributed by atoms with van der Waals surface area (Å²) in [5.74, 6) is -0.211. The number of carbonyl (C=O) groups excluding carboxylic acids is 3. The van der Waals surface area contributed by atoms with Crippen LogP contribution in [0.4, 0.5) is 0 Å². The van der Waals surface area contributed by atoms with Gasteiger partial charge in [0.2, 0.25) is 11.8 Å². The van der Waals surface area contributed by atoms with E-state index < -0.39 is 18.4 Å². The molecular formula is C29H31N5O6. The van der Waals surface area contributed by atoms with Crippen LogP contribution < -0.4 is 10.1 Å². The Kier molecular flexibility index (Phi) is 5.94. The molecule has 11 heteroatoms. The van der Waals surface area contributed by atoms with Gasteiger partial charge in [-0.25, -0.2) is 0 Å². The highest BCUT2D eigenvalue weighted by Gasteiger charge is 2.47. The first-order chi connectivity index (χ1) is 20.1. The Bertz CT molecular complexity index is 1610. The summed E-state index contributed by atoms with van der Waals surface area (Å²) in [5, 5.41) is 14.7. The second-order valence-corrected chi connectivity index (χ2v) is 10.7. The van der Waals surface area contributed by atoms with Crippen molar-refractivity contribution in [1.82, 2.24) is 24.9 Å². The number of hydrogen-bond acceptors (Lipinski definition) is 7. The maximum atomic E-state index is 13.2. The summed E-state index contributed by atoms with van der Waals surface area (Å²) in [6.07, 6.45) is 3.92. The monoisotopic (exact) mass is 547 g/mol. The average Bonchev–Trinajstić information content (AvgIpc) is 3.62. The summed E-state index contributed by atoms with van der Waals surface area (Å²) >= 11 is 0. The van der Waals surface area contributed by atoms with Gasteiger partial charge in [-0.1, -0.05) is 18.2 Å². The van der Waals surface area contributed by atoms with Crippen molar-refractivity contribution in [3.8, 4) is 5.75 Å². The fourth-order valence-electron chi connectivity index (χ4n) is 6.34. The summed E-state index contributed by atoms with van der Waals surface area (Å²) in [5.41, 5.74) is 3.55. The van der Waals surface area contributed by atoms with E-state index in [9.17, 15) is 14.4 Å². The summed E-state index contributed by atoms with van der Waals surface area (Å²) < 4.78 is 25.9. The Labute approximate surface area is 233 Å². The van der Waals surface area contributed by atoms with Crippen molar-refractivity contribution in [3.05, 3.63) is 58.8 Å². The molecule has 0 unspecified atom stereocenters. The lowest BCUT2D eigenvalue weighted by atomic mass is 9.74. The van der Waals surface area contributed by atoms with Crippen molar-refractivity contribution in [1.29, 1.82) is 0 Å². The Morgan fingerprint density at radius 2 is 2.00 bits per heavy atom. The highest BCUT2D eigenvalue weighted by atomic mass is 16.5. The maximum absolute atomic E-state index is 13.2. The molecule has 5 heterocycles. The first-order valence-corrected chi connectivity index (χ1v) is 13.3. The van der Waals surface area contributed by atoms with Crippen LogP contribution in [0.25, 0.3) is 10.9 Å². The molecule has 40 heavy (non-hydrogen) atoms. The predicted octanol–water partition coefficient (Wildman–Crippen LogP) is 1.96. The first-order valence-electron chi connectivity index (χ1n) is 14.3. The van der Waals surface area contributed by atoms with E-state index in [0.717, 1.165) is 40.6 Å². The van der Waals surface area contributed by atoms with Crippen LogP contribution >= 0.6 is 0 Å². The van der Waals surface area contributed by atoms with Crippen molar-refractivity contribution in [2.75, 3.05) is 19.7 Å². The van der Waals surface area contributed by atoms with Crippen molar-refractivity contribution >= 4 is 35.1 Å². The van der Waals surface area contributed by atoms with E-state index >= 15 is 0 Å². The molecule has 3 amide bonds. The molecule has 0 saturated carbocycles. The molecule has 0 bridgehead atoms. The number of likely N-dealkylation sites (tertiary alicyclic amines) is 1. The molecule has 1 aromatic heterocycles. The van der Waals surface area contributed by atoms with E-state index in [-0.39, 0.29) is 36.7 Å². The molecule has 2 N–H and O–H groups in total. The standard InChI is InChI=1S/C28H29N5O4.CH2O2/c1-31-14-18-3-2-17(12-22(18)30-31)13-32-10-8-28(9-11-32)16-37-25-20-15-33(23-6-7-24(34)29-26(23)35)27(36)19(20)4-5-21(25)28;2-1-3/h2-5,12,14,23H,6-11,13,15-16H2,1H3,(H,29,34,35);1H,(H,2,3)/t23-;/m0./s1/i13D2;. The quantitative estimate of drug-likeness (QED) is 0.376. The fraction of sp³-hybridized carbons (Fsp3) is 0.414. The van der Waals surface area contributed by atoms with Crippen molar-refractivity contribution in [2.24, 2.45) is 7.05 Å². The number of fused-ring (bicyclic) bond motifs is 5. The van der Waals surface area contributed by atoms with Gasteiger partial charge in [0.05, 0.1) is 18.7 Å². The number of aromatic nitrogens is 2. The van der Waals surface area contributed by atoms with E-state index in [1.54, 1.807) is 9.58 Å². The molecule has 2 fully saturated rings. The maximum Gasteiger partial charge on any atom is 0.290 e. The van der Waals surface area contributed by atoms with Crippen LogP contribution in [0, 0.1) is 0 Å². The number of aryl methyl sites for hydroxylation is 1. The molecule has 4 aliphatic rings. The number of nitrogens with zero attached hydrogens (tertiary/aromatic N) is 4. The molecule has 2 aromatic carbocycles. The molecular weight excluding hydrogens is 514 g/mol. The number of imide groups is 1. The molecule has 4 aliphatic heterocycles. The first kappa shape index (κ1) is 23.6. The van der Waals surface area contributed by atoms with Crippen LogP contribution in [0.15, 0.2) is 36.5 Å². The summed E-state index contributed by atoms with van der Waals surface area (Å²) in [6.45, 7) is 0.0118. The summed E-state index contributed by atoms with van der Waals surface area (Å²) in [7, 11) is 1.86. The third-order valence-corrected chi connectivity index (χ3v) is 8.36. The molecule has 11 nitrogen and oxygen atoms in total. The van der Waals surface area contributed by atoms with Gasteiger partial charge in [-0.3, -0.25) is 34.1 Å². The third-order valence-electron chi connectivity index (χ3n) is 8.36. The molecule has 1 spiro atoms. The van der Waals surface area contributed by atoms with Gasteiger partial charge in [-0.05, 0) is 50.0 Å². The van der Waals surface area contributed by atoms with Gasteiger partial charge < -0.3 is 14.7 Å². The van der Waals surface area contributed by atoms with Gasteiger partial charge in [-0.2, -0.15) is 5.10 Å². The van der Waals surface area contributed by atoms with E-state index in [2.05, 4.69) is 10.4 Å². The van der Waals surface area contributed by atoms with Gasteiger partial charge in [0.15, 0.2) is 0 Å². The van der Waals surface area contributed by atoms with Crippen LogP contribution in [0.2, 0.25) is 0 Å². The molecule has 208 valence electrons. The van der Waals surface area contributed by atoms with E-state index in [1.165, 1.54) is 0 Å². The lowest BCUT2D eigenvalue weighted by molar-refractivity contribution is -0.137. The van der Waals surface area contributed by atoms with Crippen LogP contribution in [-0.2, 0) is 39.9 Å². The van der Waals surface area contributed by atoms with Crippen molar-refractivity contribution in [3.63, 3.8) is 0 Å². The average molecular weight is 548 g/mol. The van der Waals surface area contributed by atoms with E-state index in [4.69, 9.17) is 17.4 Å². The number of carbonyl (C=O) groups is 4. The Balaban J connectivity index is 0.00000101. The number of carboxylic acid groups (broad SMARTS) is 1. The van der Waals surface area contributed by atoms with Crippen LogP contribution in [-0.4, -0.2) is 74.6 Å². The third kappa shape index (κ3) is 4.40. The number of hydrogen-bond donors (Lipinski definition) is 2. The zero-order valence-electron chi connectivity index (χ0n) is 24.1. The van der Waals surface area contributed by atoms with Crippen LogP contribution in [0.3, 0.4) is 0 Å². The van der Waals surface area contributed by atoms with Gasteiger partial charge in [-0.15, -0.1) is 0 Å². The summed E-state index contributed by atoms with van der Waals surface area (Å²) in [4.78, 5) is 49.1. The second kappa shape index (κ2) is 10.1. The molecule has 2 saturated heterocycles. The fourth-order valence-corrected chi connectivity index (χ4v) is 6.34. The normalized spacial score (nSPS) is 22.6.